The molecular formula is C20H25BrClNO2. The second-order valence-electron chi connectivity index (χ2n) is 6.28. The first-order chi connectivity index (χ1) is 12.0. The Kier molecular flexibility index (Phi) is 8.07. The highest BCUT2D eigenvalue weighted by atomic mass is 79.9. The molecule has 0 heterocycles. The predicted octanol–water partition coefficient (Wildman–Crippen LogP) is 5.83. The number of nitrogens with one attached hydrogen (secondary N) is 1. The molecule has 2 rings (SSSR count). The van der Waals surface area contributed by atoms with Gasteiger partial charge in [0.05, 0.1) is 11.1 Å². The van der Waals surface area contributed by atoms with E-state index in [1.807, 2.05) is 37.3 Å². The Morgan fingerprint density at radius 2 is 1.92 bits per heavy atom. The summed E-state index contributed by atoms with van der Waals surface area (Å²) in [5.41, 5.74) is 2.18. The monoisotopic (exact) mass is 425 g/mol. The van der Waals surface area contributed by atoms with Crippen LogP contribution in [0, 0.1) is 5.92 Å². The molecule has 0 amide bonds. The van der Waals surface area contributed by atoms with Crippen molar-refractivity contribution in [1.82, 2.24) is 5.32 Å². The normalized spacial score (nSPS) is 11.0. The van der Waals surface area contributed by atoms with Gasteiger partial charge >= 0.3 is 0 Å². The van der Waals surface area contributed by atoms with Crippen LogP contribution < -0.4 is 14.8 Å². The molecule has 0 unspecified atom stereocenters. The predicted molar refractivity (Wildman–Crippen MR) is 108 cm³/mol. The third kappa shape index (κ3) is 6.53. The minimum Gasteiger partial charge on any atom is -0.490 e. The Morgan fingerprint density at radius 3 is 2.60 bits per heavy atom. The van der Waals surface area contributed by atoms with Gasteiger partial charge in [0, 0.05) is 11.6 Å². The fourth-order valence-corrected chi connectivity index (χ4v) is 3.23. The average Bonchev–Trinajstić information content (AvgIpc) is 2.54. The zero-order chi connectivity index (χ0) is 18.2. The van der Waals surface area contributed by atoms with E-state index >= 15 is 0 Å². The Labute approximate surface area is 163 Å². The van der Waals surface area contributed by atoms with E-state index in [9.17, 15) is 0 Å². The van der Waals surface area contributed by atoms with Gasteiger partial charge in [-0.1, -0.05) is 37.6 Å². The van der Waals surface area contributed by atoms with Crippen molar-refractivity contribution in [2.24, 2.45) is 5.92 Å². The van der Waals surface area contributed by atoms with E-state index in [-0.39, 0.29) is 0 Å². The number of hydrogen-bond acceptors (Lipinski definition) is 3. The lowest BCUT2D eigenvalue weighted by Gasteiger charge is -2.16. The molecule has 2 aromatic rings. The zero-order valence-corrected chi connectivity index (χ0v) is 17.3. The molecule has 1 N–H and O–H groups in total. The summed E-state index contributed by atoms with van der Waals surface area (Å²) in [6, 6.07) is 11.8. The molecule has 3 nitrogen and oxygen atoms in total. The second-order valence-corrected chi connectivity index (χ2v) is 7.57. The van der Waals surface area contributed by atoms with Gasteiger partial charge in [-0.2, -0.15) is 0 Å². The van der Waals surface area contributed by atoms with Crippen LogP contribution in [0.25, 0.3) is 0 Å². The molecule has 0 fully saturated rings. The number of hydrogen-bond donors (Lipinski definition) is 1. The van der Waals surface area contributed by atoms with E-state index < -0.39 is 0 Å². The topological polar surface area (TPSA) is 30.5 Å². The highest BCUT2D eigenvalue weighted by molar-refractivity contribution is 9.10. The summed E-state index contributed by atoms with van der Waals surface area (Å²) in [6.45, 7) is 9.16. The van der Waals surface area contributed by atoms with E-state index in [1.165, 1.54) is 0 Å². The van der Waals surface area contributed by atoms with Crippen LogP contribution in [0.15, 0.2) is 40.9 Å². The van der Waals surface area contributed by atoms with Crippen molar-refractivity contribution in [2.45, 2.75) is 33.9 Å². The molecule has 25 heavy (non-hydrogen) atoms. The lowest BCUT2D eigenvalue weighted by atomic mass is 10.1. The Balaban J connectivity index is 2.12. The maximum absolute atomic E-state index is 6.03. The van der Waals surface area contributed by atoms with E-state index in [0.717, 1.165) is 40.2 Å². The fourth-order valence-electron chi connectivity index (χ4n) is 2.41. The summed E-state index contributed by atoms with van der Waals surface area (Å²) in [7, 11) is 0. The van der Waals surface area contributed by atoms with Crippen LogP contribution >= 0.6 is 27.5 Å². The van der Waals surface area contributed by atoms with Crippen molar-refractivity contribution in [3.05, 3.63) is 57.0 Å². The van der Waals surface area contributed by atoms with E-state index in [2.05, 4.69) is 41.2 Å². The third-order valence-corrected chi connectivity index (χ3v) is 4.35. The molecule has 0 radical (unpaired) electrons. The zero-order valence-electron chi connectivity index (χ0n) is 14.9. The number of rotatable bonds is 9. The molecule has 136 valence electrons. The molecule has 0 saturated heterocycles. The van der Waals surface area contributed by atoms with Gasteiger partial charge < -0.3 is 14.8 Å². The SMILES string of the molecule is CCOc1cc(CNCC(C)C)cc(Br)c1OCc1cccc(Cl)c1. The number of halogens is 2. The smallest absolute Gasteiger partial charge is 0.175 e. The first-order valence-electron chi connectivity index (χ1n) is 8.52. The minimum atomic E-state index is 0.435. The van der Waals surface area contributed by atoms with Gasteiger partial charge in [-0.3, -0.25) is 0 Å². The lowest BCUT2D eigenvalue weighted by Crippen LogP contribution is -2.19. The van der Waals surface area contributed by atoms with Crippen LogP contribution in [0.3, 0.4) is 0 Å². The van der Waals surface area contributed by atoms with Gasteiger partial charge in [0.1, 0.15) is 6.61 Å². The summed E-state index contributed by atoms with van der Waals surface area (Å²) in [6.07, 6.45) is 0. The van der Waals surface area contributed by atoms with Crippen LogP contribution in [-0.4, -0.2) is 13.2 Å². The standard InChI is InChI=1S/C20H25BrClNO2/c1-4-24-19-10-16(12-23-11-14(2)3)9-18(21)20(19)25-13-15-6-5-7-17(22)8-15/h5-10,14,23H,4,11-13H2,1-3H3. The average molecular weight is 427 g/mol. The van der Waals surface area contributed by atoms with Crippen molar-refractivity contribution in [2.75, 3.05) is 13.2 Å². The highest BCUT2D eigenvalue weighted by Crippen LogP contribution is 2.37. The number of ether oxygens (including phenoxy) is 2. The molecule has 0 aliphatic carbocycles. The summed E-state index contributed by atoms with van der Waals surface area (Å²) in [4.78, 5) is 0. The van der Waals surface area contributed by atoms with Crippen molar-refractivity contribution >= 4 is 27.5 Å². The molecule has 2 aromatic carbocycles. The van der Waals surface area contributed by atoms with Crippen molar-refractivity contribution in [3.63, 3.8) is 0 Å². The van der Waals surface area contributed by atoms with Gasteiger partial charge in [-0.25, -0.2) is 0 Å². The van der Waals surface area contributed by atoms with Crippen LogP contribution in [-0.2, 0) is 13.2 Å². The van der Waals surface area contributed by atoms with E-state index in [0.29, 0.717) is 24.2 Å². The van der Waals surface area contributed by atoms with Gasteiger partial charge in [0.25, 0.3) is 0 Å². The second kappa shape index (κ2) is 10.0. The van der Waals surface area contributed by atoms with E-state index in [1.54, 1.807) is 0 Å². The van der Waals surface area contributed by atoms with Crippen LogP contribution in [0.4, 0.5) is 0 Å². The molecule has 0 aromatic heterocycles. The quantitative estimate of drug-likeness (QED) is 0.547. The van der Waals surface area contributed by atoms with Crippen LogP contribution in [0.2, 0.25) is 5.02 Å². The highest BCUT2D eigenvalue weighted by Gasteiger charge is 2.13. The largest absolute Gasteiger partial charge is 0.490 e. The van der Waals surface area contributed by atoms with E-state index in [4.69, 9.17) is 21.1 Å². The Morgan fingerprint density at radius 1 is 1.12 bits per heavy atom. The third-order valence-electron chi connectivity index (χ3n) is 3.52. The molecule has 0 spiro atoms. The molecule has 0 atom stereocenters. The lowest BCUT2D eigenvalue weighted by molar-refractivity contribution is 0.267. The molecule has 0 aliphatic heterocycles. The van der Waals surface area contributed by atoms with Gasteiger partial charge in [0.2, 0.25) is 0 Å². The van der Waals surface area contributed by atoms with Gasteiger partial charge in [-0.05, 0) is 70.7 Å². The number of benzene rings is 2. The Hall–Kier alpha value is -1.23. The molecule has 0 aliphatic rings. The summed E-state index contributed by atoms with van der Waals surface area (Å²) in [5.74, 6) is 2.09. The molecule has 0 bridgehead atoms. The maximum Gasteiger partial charge on any atom is 0.175 e. The molecular weight excluding hydrogens is 402 g/mol. The van der Waals surface area contributed by atoms with Gasteiger partial charge in [0.15, 0.2) is 11.5 Å². The minimum absolute atomic E-state index is 0.435. The first-order valence-corrected chi connectivity index (χ1v) is 9.69. The summed E-state index contributed by atoms with van der Waals surface area (Å²) < 4.78 is 12.7. The molecule has 5 heteroatoms. The van der Waals surface area contributed by atoms with Gasteiger partial charge in [-0.15, -0.1) is 0 Å². The van der Waals surface area contributed by atoms with Crippen molar-refractivity contribution in [3.8, 4) is 11.5 Å². The fraction of sp³-hybridized carbons (Fsp3) is 0.400. The maximum atomic E-state index is 6.03. The van der Waals surface area contributed by atoms with Crippen LogP contribution in [0.1, 0.15) is 31.9 Å². The Bertz CT molecular complexity index is 691. The molecule has 0 saturated carbocycles. The van der Waals surface area contributed by atoms with Crippen molar-refractivity contribution < 1.29 is 9.47 Å². The summed E-state index contributed by atoms with van der Waals surface area (Å²) in [5, 5.41) is 4.15. The first kappa shape index (κ1) is 20.1. The summed E-state index contributed by atoms with van der Waals surface area (Å²) >= 11 is 9.65. The van der Waals surface area contributed by atoms with Crippen LogP contribution in [0.5, 0.6) is 11.5 Å². The van der Waals surface area contributed by atoms with Crippen molar-refractivity contribution in [1.29, 1.82) is 0 Å².